The first-order chi connectivity index (χ1) is 7.29. The highest BCUT2D eigenvalue weighted by atomic mass is 16.5. The maximum Gasteiger partial charge on any atom is 0.125 e. The molecule has 0 heterocycles. The molecule has 0 amide bonds. The first-order valence-corrected chi connectivity index (χ1v) is 5.51. The molecule has 3 heteroatoms. The van der Waals surface area contributed by atoms with Gasteiger partial charge in [0, 0.05) is 12.1 Å². The molecule has 0 unspecified atom stereocenters. The Morgan fingerprint density at radius 3 is 2.19 bits per heavy atom. The lowest BCUT2D eigenvalue weighted by Crippen LogP contribution is -2.22. The molecule has 0 aromatic heterocycles. The monoisotopic (exact) mass is 223 g/mol. The van der Waals surface area contributed by atoms with Gasteiger partial charge in [0.1, 0.15) is 5.75 Å². The Balaban J connectivity index is 2.68. The zero-order valence-electron chi connectivity index (χ0n) is 10.5. The normalized spacial score (nSPS) is 11.6. The molecule has 1 aromatic rings. The van der Waals surface area contributed by atoms with Crippen LogP contribution in [-0.4, -0.2) is 17.3 Å². The Morgan fingerprint density at radius 2 is 1.75 bits per heavy atom. The lowest BCUT2D eigenvalue weighted by Gasteiger charge is -2.19. The zero-order valence-corrected chi connectivity index (χ0v) is 10.5. The number of hydrogen-bond acceptors (Lipinski definition) is 3. The lowest BCUT2D eigenvalue weighted by atomic mass is 10.1. The minimum Gasteiger partial charge on any atom is -0.493 e. The van der Waals surface area contributed by atoms with Gasteiger partial charge in [-0.25, -0.2) is 0 Å². The summed E-state index contributed by atoms with van der Waals surface area (Å²) in [5.41, 5.74) is 7.87. The second-order valence-electron chi connectivity index (χ2n) is 4.89. The molecule has 0 aliphatic carbocycles. The van der Waals surface area contributed by atoms with Gasteiger partial charge in [0.15, 0.2) is 0 Å². The quantitative estimate of drug-likeness (QED) is 0.771. The summed E-state index contributed by atoms with van der Waals surface area (Å²) in [6.07, 6.45) is 0.607. The second-order valence-corrected chi connectivity index (χ2v) is 4.89. The summed E-state index contributed by atoms with van der Waals surface area (Å²) in [5, 5.41) is 9.58. The molecule has 0 saturated carbocycles. The van der Waals surface area contributed by atoms with E-state index in [1.165, 1.54) is 0 Å². The molecule has 0 saturated heterocycles. The van der Waals surface area contributed by atoms with Crippen molar-refractivity contribution in [3.63, 3.8) is 0 Å². The Kier molecular flexibility index (Phi) is 3.81. The van der Waals surface area contributed by atoms with Gasteiger partial charge < -0.3 is 15.6 Å². The Bertz CT molecular complexity index is 344. The Morgan fingerprint density at radius 1 is 1.25 bits per heavy atom. The Labute approximate surface area is 97.2 Å². The number of nitrogen functional groups attached to an aromatic ring is 1. The minimum absolute atomic E-state index is 0.509. The Hall–Kier alpha value is -1.22. The number of benzene rings is 1. The van der Waals surface area contributed by atoms with Gasteiger partial charge >= 0.3 is 0 Å². The predicted octanol–water partition coefficient (Wildman–Crippen LogP) is 2.43. The van der Waals surface area contributed by atoms with Gasteiger partial charge in [-0.2, -0.15) is 0 Å². The first-order valence-electron chi connectivity index (χ1n) is 5.51. The van der Waals surface area contributed by atoms with Crippen LogP contribution >= 0.6 is 0 Å². The van der Waals surface area contributed by atoms with E-state index in [0.717, 1.165) is 22.6 Å². The van der Waals surface area contributed by atoms with Crippen molar-refractivity contribution < 1.29 is 9.84 Å². The van der Waals surface area contributed by atoms with Crippen molar-refractivity contribution in [2.75, 3.05) is 12.3 Å². The van der Waals surface area contributed by atoms with Gasteiger partial charge in [-0.15, -0.1) is 0 Å². The maximum atomic E-state index is 9.58. The second kappa shape index (κ2) is 4.74. The van der Waals surface area contributed by atoms with Crippen LogP contribution in [0.15, 0.2) is 12.1 Å². The summed E-state index contributed by atoms with van der Waals surface area (Å²) in [6.45, 7) is 8.01. The van der Waals surface area contributed by atoms with E-state index in [-0.39, 0.29) is 0 Å². The van der Waals surface area contributed by atoms with Crippen LogP contribution in [0.25, 0.3) is 0 Å². The van der Waals surface area contributed by atoms with Gasteiger partial charge in [0.05, 0.1) is 12.2 Å². The molecule has 90 valence electrons. The average molecular weight is 223 g/mol. The zero-order chi connectivity index (χ0) is 12.3. The molecule has 0 atom stereocenters. The number of anilines is 1. The van der Waals surface area contributed by atoms with E-state index in [0.29, 0.717) is 13.0 Å². The topological polar surface area (TPSA) is 55.5 Å². The molecule has 1 aromatic carbocycles. The van der Waals surface area contributed by atoms with E-state index in [4.69, 9.17) is 10.5 Å². The smallest absolute Gasteiger partial charge is 0.125 e. The number of rotatable bonds is 4. The lowest BCUT2D eigenvalue weighted by molar-refractivity contribution is 0.0551. The third-order valence-electron chi connectivity index (χ3n) is 2.44. The highest BCUT2D eigenvalue weighted by Crippen LogP contribution is 2.26. The number of nitrogens with two attached hydrogens (primary N) is 1. The van der Waals surface area contributed by atoms with E-state index >= 15 is 0 Å². The fraction of sp³-hybridized carbons (Fsp3) is 0.538. The number of aliphatic hydroxyl groups is 1. The SMILES string of the molecule is Cc1cc(N)cc(C)c1OCCC(C)(C)O. The van der Waals surface area contributed by atoms with Crippen molar-refractivity contribution in [2.45, 2.75) is 39.7 Å². The highest BCUT2D eigenvalue weighted by Gasteiger charge is 2.13. The standard InChI is InChI=1S/C13H21NO2/c1-9-7-11(14)8-10(2)12(9)16-6-5-13(3,4)15/h7-8,15H,5-6,14H2,1-4H3. The van der Waals surface area contributed by atoms with Crippen LogP contribution in [0.5, 0.6) is 5.75 Å². The summed E-state index contributed by atoms with van der Waals surface area (Å²) in [6, 6.07) is 3.79. The van der Waals surface area contributed by atoms with Gasteiger partial charge in [0.25, 0.3) is 0 Å². The van der Waals surface area contributed by atoms with Crippen molar-refractivity contribution in [1.82, 2.24) is 0 Å². The van der Waals surface area contributed by atoms with Crippen LogP contribution in [0.1, 0.15) is 31.4 Å². The fourth-order valence-electron chi connectivity index (χ4n) is 1.61. The largest absolute Gasteiger partial charge is 0.493 e. The molecule has 0 aliphatic heterocycles. The third-order valence-corrected chi connectivity index (χ3v) is 2.44. The molecule has 16 heavy (non-hydrogen) atoms. The highest BCUT2D eigenvalue weighted by molar-refractivity contribution is 5.52. The fourth-order valence-corrected chi connectivity index (χ4v) is 1.61. The summed E-state index contributed by atoms with van der Waals surface area (Å²) in [5.74, 6) is 0.874. The first kappa shape index (κ1) is 12.8. The summed E-state index contributed by atoms with van der Waals surface area (Å²) in [4.78, 5) is 0. The van der Waals surface area contributed by atoms with Crippen LogP contribution in [0, 0.1) is 13.8 Å². The van der Waals surface area contributed by atoms with Crippen LogP contribution in [0.4, 0.5) is 5.69 Å². The van der Waals surface area contributed by atoms with Crippen LogP contribution in [0.3, 0.4) is 0 Å². The van der Waals surface area contributed by atoms with Crippen LogP contribution in [-0.2, 0) is 0 Å². The number of ether oxygens (including phenoxy) is 1. The van der Waals surface area contributed by atoms with Gasteiger partial charge in [0.2, 0.25) is 0 Å². The maximum absolute atomic E-state index is 9.58. The van der Waals surface area contributed by atoms with Crippen molar-refractivity contribution in [2.24, 2.45) is 0 Å². The molecular weight excluding hydrogens is 202 g/mol. The van der Waals surface area contributed by atoms with E-state index < -0.39 is 5.60 Å². The van der Waals surface area contributed by atoms with Crippen LogP contribution < -0.4 is 10.5 Å². The van der Waals surface area contributed by atoms with Gasteiger partial charge in [-0.1, -0.05) is 0 Å². The molecular formula is C13H21NO2. The van der Waals surface area contributed by atoms with Crippen LogP contribution in [0.2, 0.25) is 0 Å². The van der Waals surface area contributed by atoms with Crippen molar-refractivity contribution in [3.05, 3.63) is 23.3 Å². The molecule has 3 N–H and O–H groups in total. The van der Waals surface area contributed by atoms with Crippen molar-refractivity contribution >= 4 is 5.69 Å². The molecule has 0 spiro atoms. The average Bonchev–Trinajstić information content (AvgIpc) is 2.07. The molecule has 0 radical (unpaired) electrons. The predicted molar refractivity (Wildman–Crippen MR) is 66.7 cm³/mol. The number of hydrogen-bond donors (Lipinski definition) is 2. The summed E-state index contributed by atoms with van der Waals surface area (Å²) < 4.78 is 5.68. The van der Waals surface area contributed by atoms with Crippen molar-refractivity contribution in [3.8, 4) is 5.75 Å². The van der Waals surface area contributed by atoms with E-state index in [1.54, 1.807) is 13.8 Å². The van der Waals surface area contributed by atoms with Crippen molar-refractivity contribution in [1.29, 1.82) is 0 Å². The molecule has 0 bridgehead atoms. The number of aryl methyl sites for hydroxylation is 2. The van der Waals surface area contributed by atoms with Gasteiger partial charge in [-0.3, -0.25) is 0 Å². The molecule has 0 aliphatic rings. The summed E-state index contributed by atoms with van der Waals surface area (Å²) in [7, 11) is 0. The third kappa shape index (κ3) is 3.74. The van der Waals surface area contributed by atoms with Gasteiger partial charge in [-0.05, 0) is 51.0 Å². The summed E-state index contributed by atoms with van der Waals surface area (Å²) >= 11 is 0. The van der Waals surface area contributed by atoms with E-state index in [1.807, 2.05) is 26.0 Å². The molecule has 1 rings (SSSR count). The molecule has 3 nitrogen and oxygen atoms in total. The van der Waals surface area contributed by atoms with E-state index in [2.05, 4.69) is 0 Å². The minimum atomic E-state index is -0.685. The molecule has 0 fully saturated rings. The van der Waals surface area contributed by atoms with E-state index in [9.17, 15) is 5.11 Å².